The Morgan fingerprint density at radius 1 is 1.29 bits per heavy atom. The van der Waals surface area contributed by atoms with Gasteiger partial charge in [-0.15, -0.1) is 0 Å². The fraction of sp³-hybridized carbons (Fsp3) is 0.833. The molecule has 0 radical (unpaired) electrons. The summed E-state index contributed by atoms with van der Waals surface area (Å²) < 4.78 is 40.9. The van der Waals surface area contributed by atoms with Crippen LogP contribution in [0.3, 0.4) is 0 Å². The lowest BCUT2D eigenvalue weighted by molar-refractivity contribution is -0.144. The number of aromatic nitrogens is 2. The van der Waals surface area contributed by atoms with Gasteiger partial charge in [-0.05, 0) is 19.4 Å². The van der Waals surface area contributed by atoms with Crippen LogP contribution >= 0.6 is 11.5 Å². The molecule has 0 spiro atoms. The number of hydrogen-bond donors (Lipinski definition) is 1. The van der Waals surface area contributed by atoms with E-state index in [0.717, 1.165) is 37.5 Å². The molecule has 0 aromatic carbocycles. The summed E-state index contributed by atoms with van der Waals surface area (Å²) in [6.45, 7) is 5.77. The van der Waals surface area contributed by atoms with Crippen molar-refractivity contribution in [3.05, 3.63) is 5.82 Å². The number of halogens is 3. The third-order valence-corrected chi connectivity index (χ3v) is 4.52. The van der Waals surface area contributed by atoms with E-state index in [1.165, 1.54) is 0 Å². The van der Waals surface area contributed by atoms with Crippen molar-refractivity contribution in [2.45, 2.75) is 32.0 Å². The van der Waals surface area contributed by atoms with Gasteiger partial charge in [-0.2, -0.15) is 22.5 Å². The predicted octanol–water partition coefficient (Wildman–Crippen LogP) is 1.81. The Kier molecular flexibility index (Phi) is 5.39. The molecule has 2 heterocycles. The van der Waals surface area contributed by atoms with Crippen molar-refractivity contribution >= 4 is 16.7 Å². The molecule has 0 saturated carbocycles. The van der Waals surface area contributed by atoms with E-state index in [2.05, 4.69) is 21.2 Å². The van der Waals surface area contributed by atoms with Gasteiger partial charge in [-0.25, -0.2) is 0 Å². The fourth-order valence-electron chi connectivity index (χ4n) is 2.57. The molecule has 1 aliphatic rings. The summed E-state index contributed by atoms with van der Waals surface area (Å²) in [5, 5.41) is 0.355. The number of alkyl halides is 3. The molecule has 1 aromatic heterocycles. The lowest BCUT2D eigenvalue weighted by atomic mass is 10.1. The molecule has 21 heavy (non-hydrogen) atoms. The summed E-state index contributed by atoms with van der Waals surface area (Å²) in [5.74, 6) is -1.04. The van der Waals surface area contributed by atoms with Gasteiger partial charge in [-0.3, -0.25) is 4.90 Å². The van der Waals surface area contributed by atoms with Crippen LogP contribution in [-0.4, -0.2) is 53.0 Å². The third kappa shape index (κ3) is 4.04. The molecule has 2 N–H and O–H groups in total. The van der Waals surface area contributed by atoms with Crippen LogP contribution in [0.1, 0.15) is 25.6 Å². The van der Waals surface area contributed by atoms with E-state index in [0.29, 0.717) is 30.8 Å². The van der Waals surface area contributed by atoms with Gasteiger partial charge in [0.25, 0.3) is 0 Å². The highest BCUT2D eigenvalue weighted by atomic mass is 32.1. The molecule has 5 nitrogen and oxygen atoms in total. The first kappa shape index (κ1) is 16.4. The summed E-state index contributed by atoms with van der Waals surface area (Å²) >= 11 is 0.815. The molecule has 1 atom stereocenters. The van der Waals surface area contributed by atoms with Crippen LogP contribution in [0.4, 0.5) is 18.3 Å². The van der Waals surface area contributed by atoms with Crippen LogP contribution in [0.15, 0.2) is 0 Å². The minimum atomic E-state index is -4.47. The number of hydrogen-bond acceptors (Lipinski definition) is 6. The molecule has 1 saturated heterocycles. The Bertz CT molecular complexity index is 442. The second-order valence-corrected chi connectivity index (χ2v) is 5.79. The molecule has 0 bridgehead atoms. The highest BCUT2D eigenvalue weighted by molar-refractivity contribution is 7.09. The van der Waals surface area contributed by atoms with Crippen molar-refractivity contribution in [2.24, 2.45) is 5.73 Å². The van der Waals surface area contributed by atoms with E-state index in [-0.39, 0.29) is 0 Å². The van der Waals surface area contributed by atoms with Gasteiger partial charge in [0.2, 0.25) is 11.0 Å². The highest BCUT2D eigenvalue weighted by Crippen LogP contribution is 2.30. The van der Waals surface area contributed by atoms with Gasteiger partial charge in [0.05, 0.1) is 0 Å². The Balaban J connectivity index is 1.93. The number of rotatable bonds is 5. The van der Waals surface area contributed by atoms with Crippen molar-refractivity contribution in [2.75, 3.05) is 37.6 Å². The zero-order chi connectivity index (χ0) is 15.5. The van der Waals surface area contributed by atoms with Crippen molar-refractivity contribution in [3.63, 3.8) is 0 Å². The lowest BCUT2D eigenvalue weighted by Crippen LogP contribution is -2.50. The smallest absolute Gasteiger partial charge is 0.344 e. The first-order chi connectivity index (χ1) is 9.95. The van der Waals surface area contributed by atoms with Gasteiger partial charge in [0.1, 0.15) is 0 Å². The monoisotopic (exact) mass is 323 g/mol. The molecule has 1 fully saturated rings. The quantitative estimate of drug-likeness (QED) is 0.895. The largest absolute Gasteiger partial charge is 0.452 e. The van der Waals surface area contributed by atoms with Crippen LogP contribution in [-0.2, 0) is 6.18 Å². The van der Waals surface area contributed by atoms with E-state index < -0.39 is 12.0 Å². The summed E-state index contributed by atoms with van der Waals surface area (Å²) in [7, 11) is 0. The Labute approximate surface area is 126 Å². The van der Waals surface area contributed by atoms with Crippen LogP contribution < -0.4 is 10.6 Å². The maximum atomic E-state index is 12.5. The SMILES string of the molecule is CCC(CCN)N1CCN(c2nc(C(F)(F)F)ns2)CC1. The molecule has 1 aromatic rings. The van der Waals surface area contributed by atoms with Crippen molar-refractivity contribution in [3.8, 4) is 0 Å². The molecular weight excluding hydrogens is 303 g/mol. The first-order valence-corrected chi connectivity index (χ1v) is 7.83. The topological polar surface area (TPSA) is 58.3 Å². The zero-order valence-corrected chi connectivity index (χ0v) is 12.8. The molecular formula is C12H20F3N5S. The molecule has 0 amide bonds. The van der Waals surface area contributed by atoms with Gasteiger partial charge in [0, 0.05) is 43.8 Å². The van der Waals surface area contributed by atoms with Crippen LogP contribution in [0.2, 0.25) is 0 Å². The molecule has 120 valence electrons. The maximum absolute atomic E-state index is 12.5. The number of piperazine rings is 1. The minimum Gasteiger partial charge on any atom is -0.344 e. The Hall–Kier alpha value is -0.930. The highest BCUT2D eigenvalue weighted by Gasteiger charge is 2.37. The third-order valence-electron chi connectivity index (χ3n) is 3.74. The van der Waals surface area contributed by atoms with Crippen LogP contribution in [0, 0.1) is 0 Å². The summed E-state index contributed by atoms with van der Waals surface area (Å²) in [6.07, 6.45) is -2.48. The molecule has 1 unspecified atom stereocenters. The predicted molar refractivity (Wildman–Crippen MR) is 76.4 cm³/mol. The Morgan fingerprint density at radius 2 is 1.95 bits per heavy atom. The van der Waals surface area contributed by atoms with E-state index in [1.54, 1.807) is 0 Å². The number of nitrogens with two attached hydrogens (primary N) is 1. The molecule has 0 aliphatic carbocycles. The number of anilines is 1. The van der Waals surface area contributed by atoms with Crippen LogP contribution in [0.5, 0.6) is 0 Å². The zero-order valence-electron chi connectivity index (χ0n) is 11.9. The molecule has 1 aliphatic heterocycles. The summed E-state index contributed by atoms with van der Waals surface area (Å²) in [5.41, 5.74) is 5.61. The van der Waals surface area contributed by atoms with Gasteiger partial charge in [0.15, 0.2) is 0 Å². The Morgan fingerprint density at radius 3 is 2.43 bits per heavy atom. The summed E-state index contributed by atoms with van der Waals surface area (Å²) in [4.78, 5) is 7.83. The fourth-order valence-corrected chi connectivity index (χ4v) is 3.31. The standard InChI is InChI=1S/C12H20F3N5S/c1-2-9(3-4-16)19-5-7-20(8-6-19)11-17-10(18-21-11)12(13,14)15/h9H,2-8,16H2,1H3. The molecule has 9 heteroatoms. The van der Waals surface area contributed by atoms with Crippen LogP contribution in [0.25, 0.3) is 0 Å². The van der Waals surface area contributed by atoms with Gasteiger partial charge in [-0.1, -0.05) is 6.92 Å². The first-order valence-electron chi connectivity index (χ1n) is 7.05. The van der Waals surface area contributed by atoms with Crippen molar-refractivity contribution in [1.82, 2.24) is 14.3 Å². The second-order valence-electron chi connectivity index (χ2n) is 5.06. The number of nitrogens with zero attached hydrogens (tertiary/aromatic N) is 4. The normalized spacial score (nSPS) is 19.0. The summed E-state index contributed by atoms with van der Waals surface area (Å²) in [6, 6.07) is 0.456. The minimum absolute atomic E-state index is 0.355. The van der Waals surface area contributed by atoms with E-state index >= 15 is 0 Å². The average molecular weight is 323 g/mol. The van der Waals surface area contributed by atoms with Crippen molar-refractivity contribution in [1.29, 1.82) is 0 Å². The van der Waals surface area contributed by atoms with E-state index in [4.69, 9.17) is 5.73 Å². The maximum Gasteiger partial charge on any atom is 0.452 e. The average Bonchev–Trinajstić information content (AvgIpc) is 2.95. The van der Waals surface area contributed by atoms with E-state index in [1.807, 2.05) is 4.90 Å². The second kappa shape index (κ2) is 6.89. The molecule has 2 rings (SSSR count). The van der Waals surface area contributed by atoms with Crippen molar-refractivity contribution < 1.29 is 13.2 Å². The van der Waals surface area contributed by atoms with Gasteiger partial charge >= 0.3 is 6.18 Å². The van der Waals surface area contributed by atoms with Gasteiger partial charge < -0.3 is 10.6 Å². The van der Waals surface area contributed by atoms with E-state index in [9.17, 15) is 13.2 Å². The lowest BCUT2D eigenvalue weighted by Gasteiger charge is -2.38.